The van der Waals surface area contributed by atoms with Crippen molar-refractivity contribution in [3.05, 3.63) is 58.6 Å². The summed E-state index contributed by atoms with van der Waals surface area (Å²) in [6.07, 6.45) is 0. The Balaban J connectivity index is 2.04. The second-order valence-electron chi connectivity index (χ2n) is 4.86. The molecule has 2 rings (SSSR count). The molecule has 0 aromatic heterocycles. The highest BCUT2D eigenvalue weighted by molar-refractivity contribution is 5.97. The molecule has 1 atom stereocenters. The Morgan fingerprint density at radius 1 is 1.17 bits per heavy atom. The summed E-state index contributed by atoms with van der Waals surface area (Å²) in [6, 6.07) is 12.6. The number of anilines is 2. The van der Waals surface area contributed by atoms with Crippen molar-refractivity contribution in [2.24, 2.45) is 0 Å². The van der Waals surface area contributed by atoms with Gasteiger partial charge in [0.1, 0.15) is 17.5 Å². The van der Waals surface area contributed by atoms with Gasteiger partial charge >= 0.3 is 0 Å². The number of nitrogens with one attached hydrogen (secondary N) is 2. The average molecular weight is 315 g/mol. The predicted octanol–water partition coefficient (Wildman–Crippen LogP) is 3.04. The second-order valence-corrected chi connectivity index (χ2v) is 4.86. The molecule has 0 fully saturated rings. The Hall–Kier alpha value is -3.09. The zero-order chi connectivity index (χ0) is 16.8. The van der Waals surface area contributed by atoms with E-state index in [0.29, 0.717) is 5.75 Å². The number of nitro benzene ring substituents is 1. The van der Waals surface area contributed by atoms with E-state index in [9.17, 15) is 14.9 Å². The molecule has 7 heteroatoms. The van der Waals surface area contributed by atoms with E-state index in [1.807, 2.05) is 0 Å². The van der Waals surface area contributed by atoms with Crippen LogP contribution in [-0.4, -0.2) is 24.0 Å². The summed E-state index contributed by atoms with van der Waals surface area (Å²) in [5, 5.41) is 16.5. The fourth-order valence-corrected chi connectivity index (χ4v) is 1.98. The van der Waals surface area contributed by atoms with E-state index in [-0.39, 0.29) is 17.3 Å². The smallest absolute Gasteiger partial charge is 0.292 e. The number of carbonyl (C=O) groups is 1. The molecule has 1 amide bonds. The van der Waals surface area contributed by atoms with Gasteiger partial charge in [-0.15, -0.1) is 0 Å². The number of nitro groups is 1. The van der Waals surface area contributed by atoms with Gasteiger partial charge in [0.05, 0.1) is 12.0 Å². The van der Waals surface area contributed by atoms with Crippen LogP contribution < -0.4 is 15.4 Å². The Bertz CT molecular complexity index is 701. The first-order valence-corrected chi connectivity index (χ1v) is 6.96. The van der Waals surface area contributed by atoms with E-state index in [0.717, 1.165) is 5.69 Å². The maximum absolute atomic E-state index is 12.2. The van der Waals surface area contributed by atoms with Crippen molar-refractivity contribution in [1.29, 1.82) is 0 Å². The fourth-order valence-electron chi connectivity index (χ4n) is 1.98. The van der Waals surface area contributed by atoms with Crippen LogP contribution >= 0.6 is 0 Å². The summed E-state index contributed by atoms with van der Waals surface area (Å²) < 4.78 is 5.07. The van der Waals surface area contributed by atoms with Gasteiger partial charge in [-0.25, -0.2) is 0 Å². The third-order valence-corrected chi connectivity index (χ3v) is 3.23. The van der Waals surface area contributed by atoms with Crippen molar-refractivity contribution in [1.82, 2.24) is 0 Å². The first kappa shape index (κ1) is 16.3. The Labute approximate surface area is 133 Å². The highest BCUT2D eigenvalue weighted by Gasteiger charge is 2.18. The normalized spacial score (nSPS) is 11.4. The first-order valence-electron chi connectivity index (χ1n) is 6.96. The zero-order valence-corrected chi connectivity index (χ0v) is 12.8. The molecule has 120 valence electrons. The number of para-hydroxylation sites is 2. The minimum Gasteiger partial charge on any atom is -0.497 e. The summed E-state index contributed by atoms with van der Waals surface area (Å²) in [4.78, 5) is 22.6. The van der Waals surface area contributed by atoms with Gasteiger partial charge in [-0.3, -0.25) is 14.9 Å². The summed E-state index contributed by atoms with van der Waals surface area (Å²) in [5.74, 6) is 0.350. The number of amides is 1. The third kappa shape index (κ3) is 4.19. The van der Waals surface area contributed by atoms with Crippen molar-refractivity contribution >= 4 is 23.0 Å². The van der Waals surface area contributed by atoms with Crippen LogP contribution in [0.2, 0.25) is 0 Å². The average Bonchev–Trinajstić information content (AvgIpc) is 2.55. The topological polar surface area (TPSA) is 93.5 Å². The lowest BCUT2D eigenvalue weighted by molar-refractivity contribution is -0.383. The van der Waals surface area contributed by atoms with Crippen molar-refractivity contribution in [3.8, 4) is 5.75 Å². The number of hydrogen-bond acceptors (Lipinski definition) is 5. The molecule has 23 heavy (non-hydrogen) atoms. The van der Waals surface area contributed by atoms with Crippen molar-refractivity contribution in [2.45, 2.75) is 13.0 Å². The zero-order valence-electron chi connectivity index (χ0n) is 12.8. The lowest BCUT2D eigenvalue weighted by atomic mass is 10.2. The first-order chi connectivity index (χ1) is 11.0. The standard InChI is InChI=1S/C16H17N3O4/c1-11(17-12-7-9-13(23-2)10-8-12)16(20)18-14-5-3-4-6-15(14)19(21)22/h3-11,17H,1-2H3,(H,18,20)/t11-/m1/s1. The lowest BCUT2D eigenvalue weighted by Crippen LogP contribution is -2.32. The molecule has 0 aliphatic heterocycles. The number of nitrogens with zero attached hydrogens (tertiary/aromatic N) is 1. The molecule has 0 bridgehead atoms. The monoisotopic (exact) mass is 315 g/mol. The molecule has 0 aliphatic carbocycles. The van der Waals surface area contributed by atoms with Gasteiger partial charge < -0.3 is 15.4 Å². The Morgan fingerprint density at radius 3 is 2.43 bits per heavy atom. The molecule has 0 unspecified atom stereocenters. The van der Waals surface area contributed by atoms with Crippen LogP contribution in [0.3, 0.4) is 0 Å². The van der Waals surface area contributed by atoms with Crippen LogP contribution in [0.4, 0.5) is 17.1 Å². The summed E-state index contributed by atoms with van der Waals surface area (Å²) >= 11 is 0. The molecular weight excluding hydrogens is 298 g/mol. The minimum atomic E-state index is -0.566. The number of ether oxygens (including phenoxy) is 1. The Kier molecular flexibility index (Phi) is 5.14. The van der Waals surface area contributed by atoms with Crippen LogP contribution in [0.15, 0.2) is 48.5 Å². The van der Waals surface area contributed by atoms with E-state index in [1.165, 1.54) is 12.1 Å². The quantitative estimate of drug-likeness (QED) is 0.631. The van der Waals surface area contributed by atoms with Crippen LogP contribution in [0, 0.1) is 10.1 Å². The third-order valence-electron chi connectivity index (χ3n) is 3.23. The van der Waals surface area contributed by atoms with Gasteiger partial charge in [0.15, 0.2) is 0 Å². The maximum Gasteiger partial charge on any atom is 0.292 e. The summed E-state index contributed by atoms with van der Waals surface area (Å²) in [5.41, 5.74) is 0.777. The molecule has 0 radical (unpaired) electrons. The van der Waals surface area contributed by atoms with Crippen molar-refractivity contribution in [3.63, 3.8) is 0 Å². The van der Waals surface area contributed by atoms with E-state index in [1.54, 1.807) is 50.4 Å². The van der Waals surface area contributed by atoms with E-state index < -0.39 is 11.0 Å². The molecular formula is C16H17N3O4. The van der Waals surface area contributed by atoms with E-state index in [4.69, 9.17) is 4.74 Å². The SMILES string of the molecule is COc1ccc(N[C@H](C)C(=O)Nc2ccccc2[N+](=O)[O-])cc1. The molecule has 0 saturated carbocycles. The highest BCUT2D eigenvalue weighted by Crippen LogP contribution is 2.23. The van der Waals surface area contributed by atoms with Crippen molar-refractivity contribution < 1.29 is 14.5 Å². The van der Waals surface area contributed by atoms with E-state index >= 15 is 0 Å². The lowest BCUT2D eigenvalue weighted by Gasteiger charge is -2.15. The molecule has 0 heterocycles. The van der Waals surface area contributed by atoms with Gasteiger partial charge in [-0.05, 0) is 37.3 Å². The van der Waals surface area contributed by atoms with Gasteiger partial charge in [0.2, 0.25) is 5.91 Å². The van der Waals surface area contributed by atoms with Gasteiger partial charge in [0, 0.05) is 11.8 Å². The van der Waals surface area contributed by atoms with Crippen LogP contribution in [0.5, 0.6) is 5.75 Å². The second kappa shape index (κ2) is 7.26. The number of benzene rings is 2. The maximum atomic E-state index is 12.2. The van der Waals surface area contributed by atoms with Gasteiger partial charge in [-0.2, -0.15) is 0 Å². The Morgan fingerprint density at radius 2 is 1.83 bits per heavy atom. The molecule has 2 aromatic rings. The molecule has 7 nitrogen and oxygen atoms in total. The van der Waals surface area contributed by atoms with Crippen molar-refractivity contribution in [2.75, 3.05) is 17.7 Å². The van der Waals surface area contributed by atoms with Gasteiger partial charge in [0.25, 0.3) is 5.69 Å². The molecule has 2 N–H and O–H groups in total. The predicted molar refractivity (Wildman–Crippen MR) is 87.8 cm³/mol. The molecule has 0 spiro atoms. The highest BCUT2D eigenvalue weighted by atomic mass is 16.6. The van der Waals surface area contributed by atoms with Crippen LogP contribution in [0.1, 0.15) is 6.92 Å². The largest absolute Gasteiger partial charge is 0.497 e. The van der Waals surface area contributed by atoms with E-state index in [2.05, 4.69) is 10.6 Å². The van der Waals surface area contributed by atoms with Crippen LogP contribution in [0.25, 0.3) is 0 Å². The summed E-state index contributed by atoms with van der Waals surface area (Å²) in [6.45, 7) is 1.67. The number of carbonyl (C=O) groups excluding carboxylic acids is 1. The minimum absolute atomic E-state index is 0.141. The van der Waals surface area contributed by atoms with Gasteiger partial charge in [-0.1, -0.05) is 12.1 Å². The molecule has 2 aromatic carbocycles. The summed E-state index contributed by atoms with van der Waals surface area (Å²) in [7, 11) is 1.57. The number of methoxy groups -OCH3 is 1. The molecule has 0 aliphatic rings. The molecule has 0 saturated heterocycles. The fraction of sp³-hybridized carbons (Fsp3) is 0.188. The number of rotatable bonds is 6. The number of hydrogen-bond donors (Lipinski definition) is 2. The van der Waals surface area contributed by atoms with Crippen LogP contribution in [-0.2, 0) is 4.79 Å².